The number of benzene rings is 1. The van der Waals surface area contributed by atoms with Crippen LogP contribution in [-0.2, 0) is 9.53 Å². The molecular weight excluding hydrogens is 284 g/mol. The predicted molar refractivity (Wildman–Crippen MR) is 84.8 cm³/mol. The first-order valence-electron chi connectivity index (χ1n) is 7.48. The fourth-order valence-electron chi connectivity index (χ4n) is 2.04. The van der Waals surface area contributed by atoms with Crippen molar-refractivity contribution in [3.05, 3.63) is 29.8 Å². The molecule has 122 valence electrons. The van der Waals surface area contributed by atoms with Crippen LogP contribution in [0.2, 0.25) is 0 Å². The van der Waals surface area contributed by atoms with E-state index in [0.717, 1.165) is 12.8 Å². The van der Waals surface area contributed by atoms with Crippen LogP contribution < -0.4 is 10.6 Å². The molecule has 6 heteroatoms. The summed E-state index contributed by atoms with van der Waals surface area (Å²) in [4.78, 5) is 23.7. The Morgan fingerprint density at radius 1 is 1.32 bits per heavy atom. The molecular formula is C16H24N2O4. The summed E-state index contributed by atoms with van der Waals surface area (Å²) in [5.41, 5.74) is 0.909. The van der Waals surface area contributed by atoms with Gasteiger partial charge in [-0.3, -0.25) is 4.79 Å². The number of rotatable bonds is 9. The minimum Gasteiger partial charge on any atom is -0.452 e. The maximum absolute atomic E-state index is 12.0. The number of carbonyl (C=O) groups excluding carboxylic acids is 2. The van der Waals surface area contributed by atoms with Gasteiger partial charge < -0.3 is 20.5 Å². The number of anilines is 1. The van der Waals surface area contributed by atoms with Gasteiger partial charge in [0.15, 0.2) is 6.61 Å². The molecule has 0 heterocycles. The van der Waals surface area contributed by atoms with Gasteiger partial charge in [-0.25, -0.2) is 4.79 Å². The van der Waals surface area contributed by atoms with Crippen molar-refractivity contribution in [3.8, 4) is 0 Å². The number of aliphatic hydroxyl groups excluding tert-OH is 1. The van der Waals surface area contributed by atoms with Crippen LogP contribution in [0.25, 0.3) is 0 Å². The minimum atomic E-state index is -0.570. The Morgan fingerprint density at radius 3 is 2.73 bits per heavy atom. The van der Waals surface area contributed by atoms with Crippen molar-refractivity contribution in [1.29, 1.82) is 0 Å². The molecule has 0 fully saturated rings. The maximum Gasteiger partial charge on any atom is 0.340 e. The first-order chi connectivity index (χ1) is 10.6. The lowest BCUT2D eigenvalue weighted by atomic mass is 10.2. The topological polar surface area (TPSA) is 87.7 Å². The van der Waals surface area contributed by atoms with Gasteiger partial charge in [0.25, 0.3) is 5.91 Å². The zero-order valence-corrected chi connectivity index (χ0v) is 13.1. The number of ether oxygens (including phenoxy) is 1. The highest BCUT2D eigenvalue weighted by Crippen LogP contribution is 2.15. The molecule has 0 spiro atoms. The van der Waals surface area contributed by atoms with Gasteiger partial charge in [-0.1, -0.05) is 25.5 Å². The molecule has 0 aliphatic heterocycles. The summed E-state index contributed by atoms with van der Waals surface area (Å²) in [6.45, 7) is 3.94. The van der Waals surface area contributed by atoms with Crippen LogP contribution >= 0.6 is 0 Å². The third kappa shape index (κ3) is 6.13. The molecule has 1 unspecified atom stereocenters. The average Bonchev–Trinajstić information content (AvgIpc) is 2.51. The zero-order valence-electron chi connectivity index (χ0n) is 13.1. The van der Waals surface area contributed by atoms with E-state index in [4.69, 9.17) is 9.84 Å². The molecule has 0 saturated heterocycles. The van der Waals surface area contributed by atoms with Crippen molar-refractivity contribution < 1.29 is 19.4 Å². The molecule has 1 aromatic carbocycles. The standard InChI is InChI=1S/C16H24N2O4/c1-3-6-12(2)18-15(20)11-22-16(21)13-7-4-5-8-14(13)17-9-10-19/h4-5,7-8,12,17,19H,3,6,9-11H2,1-2H3,(H,18,20). The Balaban J connectivity index is 2.53. The van der Waals surface area contributed by atoms with E-state index in [1.165, 1.54) is 0 Å². The molecule has 1 amide bonds. The van der Waals surface area contributed by atoms with Crippen molar-refractivity contribution in [2.45, 2.75) is 32.7 Å². The molecule has 1 aromatic rings. The monoisotopic (exact) mass is 308 g/mol. The Hall–Kier alpha value is -2.08. The second kappa shape index (κ2) is 9.78. The van der Waals surface area contributed by atoms with Crippen LogP contribution in [0.4, 0.5) is 5.69 Å². The highest BCUT2D eigenvalue weighted by atomic mass is 16.5. The molecule has 1 rings (SSSR count). The summed E-state index contributed by atoms with van der Waals surface area (Å²) in [6.07, 6.45) is 1.86. The highest BCUT2D eigenvalue weighted by molar-refractivity contribution is 5.96. The molecule has 0 radical (unpaired) electrons. The number of para-hydroxylation sites is 1. The molecule has 0 aliphatic rings. The Labute approximate surface area is 130 Å². The highest BCUT2D eigenvalue weighted by Gasteiger charge is 2.14. The van der Waals surface area contributed by atoms with Gasteiger partial charge in [-0.15, -0.1) is 0 Å². The van der Waals surface area contributed by atoms with E-state index in [-0.39, 0.29) is 25.2 Å². The van der Waals surface area contributed by atoms with Crippen molar-refractivity contribution in [2.24, 2.45) is 0 Å². The number of hydrogen-bond acceptors (Lipinski definition) is 5. The normalized spacial score (nSPS) is 11.6. The van der Waals surface area contributed by atoms with Crippen LogP contribution in [0.15, 0.2) is 24.3 Å². The molecule has 0 aromatic heterocycles. The summed E-state index contributed by atoms with van der Waals surface area (Å²) >= 11 is 0. The van der Waals surface area contributed by atoms with E-state index in [2.05, 4.69) is 10.6 Å². The predicted octanol–water partition coefficient (Wildman–Crippen LogP) is 1.55. The lowest BCUT2D eigenvalue weighted by Gasteiger charge is -2.13. The van der Waals surface area contributed by atoms with E-state index in [0.29, 0.717) is 17.8 Å². The zero-order chi connectivity index (χ0) is 16.4. The van der Waals surface area contributed by atoms with Gasteiger partial charge in [0.2, 0.25) is 0 Å². The Kier molecular flexibility index (Phi) is 7.99. The number of aliphatic hydroxyl groups is 1. The Morgan fingerprint density at radius 2 is 2.05 bits per heavy atom. The minimum absolute atomic E-state index is 0.0406. The number of amides is 1. The first-order valence-corrected chi connectivity index (χ1v) is 7.48. The lowest BCUT2D eigenvalue weighted by molar-refractivity contribution is -0.124. The van der Waals surface area contributed by atoms with Crippen LogP contribution in [0.3, 0.4) is 0 Å². The van der Waals surface area contributed by atoms with Gasteiger partial charge in [-0.2, -0.15) is 0 Å². The molecule has 22 heavy (non-hydrogen) atoms. The first kappa shape index (κ1) is 18.0. The van der Waals surface area contributed by atoms with Gasteiger partial charge in [0.1, 0.15) is 0 Å². The van der Waals surface area contributed by atoms with E-state index >= 15 is 0 Å². The van der Waals surface area contributed by atoms with Gasteiger partial charge >= 0.3 is 5.97 Å². The average molecular weight is 308 g/mol. The van der Waals surface area contributed by atoms with Crippen molar-refractivity contribution in [2.75, 3.05) is 25.1 Å². The molecule has 0 bridgehead atoms. The molecule has 6 nitrogen and oxygen atoms in total. The van der Waals surface area contributed by atoms with Crippen LogP contribution in [0, 0.1) is 0 Å². The van der Waals surface area contributed by atoms with E-state index in [9.17, 15) is 9.59 Å². The smallest absolute Gasteiger partial charge is 0.340 e. The van der Waals surface area contributed by atoms with E-state index in [1.807, 2.05) is 13.8 Å². The molecule has 1 atom stereocenters. The summed E-state index contributed by atoms with van der Waals surface area (Å²) in [6, 6.07) is 6.88. The van der Waals surface area contributed by atoms with Crippen molar-refractivity contribution in [3.63, 3.8) is 0 Å². The van der Waals surface area contributed by atoms with E-state index in [1.54, 1.807) is 24.3 Å². The quantitative estimate of drug-likeness (QED) is 0.603. The fraction of sp³-hybridized carbons (Fsp3) is 0.500. The van der Waals surface area contributed by atoms with Crippen LogP contribution in [-0.4, -0.2) is 42.8 Å². The van der Waals surface area contributed by atoms with Gasteiger partial charge in [0, 0.05) is 18.3 Å². The molecule has 3 N–H and O–H groups in total. The number of nitrogens with one attached hydrogen (secondary N) is 2. The number of carbonyl (C=O) groups is 2. The fourth-order valence-corrected chi connectivity index (χ4v) is 2.04. The summed E-state index contributed by atoms with van der Waals surface area (Å²) in [5.74, 6) is -0.880. The SMILES string of the molecule is CCCC(C)NC(=O)COC(=O)c1ccccc1NCCO. The third-order valence-corrected chi connectivity index (χ3v) is 3.04. The largest absolute Gasteiger partial charge is 0.452 e. The molecule has 0 aliphatic carbocycles. The van der Waals surface area contributed by atoms with Crippen molar-refractivity contribution >= 4 is 17.6 Å². The summed E-state index contributed by atoms with van der Waals surface area (Å²) < 4.78 is 5.04. The summed E-state index contributed by atoms with van der Waals surface area (Å²) in [7, 11) is 0. The Bertz CT molecular complexity index is 491. The number of esters is 1. The molecule has 0 saturated carbocycles. The lowest BCUT2D eigenvalue weighted by Crippen LogP contribution is -2.35. The maximum atomic E-state index is 12.0. The van der Waals surface area contributed by atoms with Crippen LogP contribution in [0.1, 0.15) is 37.0 Å². The van der Waals surface area contributed by atoms with Gasteiger partial charge in [0.05, 0.1) is 12.2 Å². The third-order valence-electron chi connectivity index (χ3n) is 3.04. The van der Waals surface area contributed by atoms with Crippen molar-refractivity contribution in [1.82, 2.24) is 5.32 Å². The second-order valence-electron chi connectivity index (χ2n) is 5.03. The number of hydrogen-bond donors (Lipinski definition) is 3. The van der Waals surface area contributed by atoms with Crippen LogP contribution in [0.5, 0.6) is 0 Å². The summed E-state index contributed by atoms with van der Waals surface area (Å²) in [5, 5.41) is 14.5. The second-order valence-corrected chi connectivity index (χ2v) is 5.03. The van der Waals surface area contributed by atoms with E-state index < -0.39 is 5.97 Å². The van der Waals surface area contributed by atoms with Gasteiger partial charge in [-0.05, 0) is 25.5 Å².